The van der Waals surface area contributed by atoms with Gasteiger partial charge in [0.05, 0.1) is 11.4 Å². The average molecular weight is 277 g/mol. The Morgan fingerprint density at radius 3 is 2.45 bits per heavy atom. The third kappa shape index (κ3) is 2.39. The smallest absolute Gasteiger partial charge is 0.226 e. The highest BCUT2D eigenvalue weighted by Gasteiger charge is 2.32. The Balaban J connectivity index is 1.59. The van der Waals surface area contributed by atoms with Crippen LogP contribution in [0.1, 0.15) is 24.7 Å². The van der Waals surface area contributed by atoms with Crippen molar-refractivity contribution in [3.63, 3.8) is 0 Å². The van der Waals surface area contributed by atoms with Crippen molar-refractivity contribution in [2.24, 2.45) is 5.92 Å². The zero-order chi connectivity index (χ0) is 14.1. The van der Waals surface area contributed by atoms with E-state index < -0.39 is 0 Å². The third-order valence-corrected chi connectivity index (χ3v) is 4.26. The highest BCUT2D eigenvalue weighted by Crippen LogP contribution is 2.24. The summed E-state index contributed by atoms with van der Waals surface area (Å²) in [7, 11) is 0. The van der Waals surface area contributed by atoms with Gasteiger partial charge in [-0.2, -0.15) is 15.4 Å². The number of aryl methyl sites for hydroxylation is 1. The number of rotatable bonds is 1. The lowest BCUT2D eigenvalue weighted by Crippen LogP contribution is -2.52. The van der Waals surface area contributed by atoms with Gasteiger partial charge >= 0.3 is 0 Å². The predicted octanol–water partition coefficient (Wildman–Crippen LogP) is -0.400. The van der Waals surface area contributed by atoms with Crippen LogP contribution >= 0.6 is 0 Å². The van der Waals surface area contributed by atoms with Gasteiger partial charge in [0.2, 0.25) is 11.8 Å². The molecule has 1 aromatic rings. The number of H-pyrrole nitrogens is 1. The molecule has 0 radical (unpaired) electrons. The molecule has 1 aromatic heterocycles. The molecule has 20 heavy (non-hydrogen) atoms. The molecule has 2 aliphatic rings. The molecule has 108 valence electrons. The molecule has 1 fully saturated rings. The number of carbonyl (C=O) groups excluding carboxylic acids is 2. The second kappa shape index (κ2) is 5.22. The van der Waals surface area contributed by atoms with Crippen LogP contribution in [0.2, 0.25) is 0 Å². The van der Waals surface area contributed by atoms with Gasteiger partial charge in [0, 0.05) is 45.4 Å². The van der Waals surface area contributed by atoms with E-state index in [4.69, 9.17) is 0 Å². The van der Waals surface area contributed by atoms with E-state index in [1.165, 1.54) is 0 Å². The number of carbonyl (C=O) groups is 2. The summed E-state index contributed by atoms with van der Waals surface area (Å²) in [5.74, 6) is 0.292. The summed E-state index contributed by atoms with van der Waals surface area (Å²) in [6, 6.07) is 0. The lowest BCUT2D eigenvalue weighted by atomic mass is 9.88. The monoisotopic (exact) mass is 277 g/mol. The Morgan fingerprint density at radius 2 is 1.75 bits per heavy atom. The van der Waals surface area contributed by atoms with Gasteiger partial charge < -0.3 is 9.80 Å². The maximum absolute atomic E-state index is 12.5. The normalized spacial score (nSPS) is 22.6. The molecule has 0 spiro atoms. The second-order valence-corrected chi connectivity index (χ2v) is 5.49. The summed E-state index contributed by atoms with van der Waals surface area (Å²) in [6.07, 6.45) is 2.33. The molecule has 1 N–H and O–H groups in total. The molecule has 2 heterocycles. The van der Waals surface area contributed by atoms with Crippen molar-refractivity contribution in [2.45, 2.75) is 26.2 Å². The van der Waals surface area contributed by atoms with Gasteiger partial charge in [-0.15, -0.1) is 0 Å². The van der Waals surface area contributed by atoms with Crippen LogP contribution in [0, 0.1) is 5.92 Å². The van der Waals surface area contributed by atoms with E-state index >= 15 is 0 Å². The molecule has 0 saturated carbocycles. The van der Waals surface area contributed by atoms with Crippen molar-refractivity contribution in [3.8, 4) is 0 Å². The van der Waals surface area contributed by atoms with Crippen LogP contribution in [0.15, 0.2) is 0 Å². The van der Waals surface area contributed by atoms with Crippen LogP contribution in [0.3, 0.4) is 0 Å². The third-order valence-electron chi connectivity index (χ3n) is 4.26. The fraction of sp³-hybridized carbons (Fsp3) is 0.692. The van der Waals surface area contributed by atoms with Gasteiger partial charge in [-0.05, 0) is 12.8 Å². The first-order valence-corrected chi connectivity index (χ1v) is 7.08. The SMILES string of the molecule is CC(=O)N1CCN(C(=O)C2CCc3n[nH]nc3C2)CC1. The molecule has 1 aliphatic carbocycles. The van der Waals surface area contributed by atoms with E-state index in [1.54, 1.807) is 11.8 Å². The highest BCUT2D eigenvalue weighted by molar-refractivity contribution is 5.80. The molecule has 2 amide bonds. The minimum atomic E-state index is 0.0106. The Bertz CT molecular complexity index is 519. The number of piperazine rings is 1. The maximum atomic E-state index is 12.5. The molecule has 1 atom stereocenters. The molecule has 7 heteroatoms. The maximum Gasteiger partial charge on any atom is 0.226 e. The summed E-state index contributed by atoms with van der Waals surface area (Å²) >= 11 is 0. The summed E-state index contributed by atoms with van der Waals surface area (Å²) < 4.78 is 0. The largest absolute Gasteiger partial charge is 0.339 e. The van der Waals surface area contributed by atoms with Crippen molar-refractivity contribution in [1.82, 2.24) is 25.2 Å². The zero-order valence-electron chi connectivity index (χ0n) is 11.6. The van der Waals surface area contributed by atoms with Crippen LogP contribution in [0.5, 0.6) is 0 Å². The minimum Gasteiger partial charge on any atom is -0.339 e. The summed E-state index contributed by atoms with van der Waals surface area (Å²) in [6.45, 7) is 4.14. The van der Waals surface area contributed by atoms with Crippen molar-refractivity contribution in [2.75, 3.05) is 26.2 Å². The van der Waals surface area contributed by atoms with Gasteiger partial charge in [0.15, 0.2) is 0 Å². The van der Waals surface area contributed by atoms with E-state index in [1.807, 2.05) is 4.90 Å². The molecule has 1 unspecified atom stereocenters. The fourth-order valence-corrected chi connectivity index (χ4v) is 3.00. The molecular formula is C13H19N5O2. The van der Waals surface area contributed by atoms with E-state index in [9.17, 15) is 9.59 Å². The number of fused-ring (bicyclic) bond motifs is 1. The van der Waals surface area contributed by atoms with Crippen LogP contribution in [0.25, 0.3) is 0 Å². The average Bonchev–Trinajstić information content (AvgIpc) is 2.94. The fourth-order valence-electron chi connectivity index (χ4n) is 3.00. The first-order chi connectivity index (χ1) is 9.65. The van der Waals surface area contributed by atoms with Crippen LogP contribution in [-0.2, 0) is 22.4 Å². The summed E-state index contributed by atoms with van der Waals surface area (Å²) in [5, 5.41) is 10.8. The van der Waals surface area contributed by atoms with Gasteiger partial charge in [-0.1, -0.05) is 0 Å². The molecule has 3 rings (SSSR count). The predicted molar refractivity (Wildman–Crippen MR) is 70.7 cm³/mol. The van der Waals surface area contributed by atoms with Gasteiger partial charge in [-0.3, -0.25) is 9.59 Å². The second-order valence-electron chi connectivity index (χ2n) is 5.49. The number of nitrogens with one attached hydrogen (secondary N) is 1. The van der Waals surface area contributed by atoms with E-state index in [-0.39, 0.29) is 17.7 Å². The lowest BCUT2D eigenvalue weighted by Gasteiger charge is -2.36. The first kappa shape index (κ1) is 13.1. The van der Waals surface area contributed by atoms with Crippen LogP contribution < -0.4 is 0 Å². The highest BCUT2D eigenvalue weighted by atomic mass is 16.2. The van der Waals surface area contributed by atoms with Crippen molar-refractivity contribution in [1.29, 1.82) is 0 Å². The van der Waals surface area contributed by atoms with Gasteiger partial charge in [0.25, 0.3) is 0 Å². The van der Waals surface area contributed by atoms with Crippen molar-refractivity contribution < 1.29 is 9.59 Å². The number of hydrogen-bond donors (Lipinski definition) is 1. The molecule has 0 aromatic carbocycles. The lowest BCUT2D eigenvalue weighted by molar-refractivity contribution is -0.141. The van der Waals surface area contributed by atoms with Gasteiger partial charge in [0.1, 0.15) is 0 Å². The Morgan fingerprint density at radius 1 is 1.10 bits per heavy atom. The number of hydrogen-bond acceptors (Lipinski definition) is 4. The molecule has 1 saturated heterocycles. The van der Waals surface area contributed by atoms with Crippen LogP contribution in [0.4, 0.5) is 0 Å². The number of nitrogens with zero attached hydrogens (tertiary/aromatic N) is 4. The molecule has 0 bridgehead atoms. The minimum absolute atomic E-state index is 0.0106. The van der Waals surface area contributed by atoms with E-state index in [2.05, 4.69) is 15.4 Å². The Labute approximate surface area is 117 Å². The van der Waals surface area contributed by atoms with Crippen molar-refractivity contribution >= 4 is 11.8 Å². The van der Waals surface area contributed by atoms with E-state index in [0.29, 0.717) is 32.6 Å². The first-order valence-electron chi connectivity index (χ1n) is 7.08. The van der Waals surface area contributed by atoms with Crippen LogP contribution in [-0.4, -0.2) is 63.2 Å². The van der Waals surface area contributed by atoms with Gasteiger partial charge in [-0.25, -0.2) is 0 Å². The topological polar surface area (TPSA) is 82.2 Å². The summed E-state index contributed by atoms with van der Waals surface area (Å²) in [4.78, 5) is 27.5. The standard InChI is InChI=1S/C13H19N5O2/c1-9(19)17-4-6-18(7-5-17)13(20)10-2-3-11-12(8-10)15-16-14-11/h10H,2-8H2,1H3,(H,14,15,16). The molecular weight excluding hydrogens is 258 g/mol. The number of amides is 2. The Hall–Kier alpha value is -1.92. The molecule has 1 aliphatic heterocycles. The Kier molecular flexibility index (Phi) is 3.42. The zero-order valence-corrected chi connectivity index (χ0v) is 11.6. The number of aromatic nitrogens is 3. The summed E-state index contributed by atoms with van der Waals surface area (Å²) in [5.41, 5.74) is 1.92. The van der Waals surface area contributed by atoms with Crippen molar-refractivity contribution in [3.05, 3.63) is 11.4 Å². The number of aromatic amines is 1. The van der Waals surface area contributed by atoms with E-state index in [0.717, 1.165) is 24.2 Å². The molecule has 7 nitrogen and oxygen atoms in total. The quantitative estimate of drug-likeness (QED) is 0.757.